The molecule has 2 rings (SSSR count). The van der Waals surface area contributed by atoms with E-state index in [2.05, 4.69) is 22.2 Å². The first kappa shape index (κ1) is 10.6. The second-order valence-electron chi connectivity index (χ2n) is 4.37. The Hall–Kier alpha value is -0.960. The lowest BCUT2D eigenvalue weighted by atomic mass is 10.1. The van der Waals surface area contributed by atoms with Crippen molar-refractivity contribution in [2.75, 3.05) is 0 Å². The Morgan fingerprint density at radius 3 is 3.00 bits per heavy atom. The van der Waals surface area contributed by atoms with Gasteiger partial charge in [0.05, 0.1) is 5.69 Å². The molecular formula is C12H19N3. The van der Waals surface area contributed by atoms with Crippen LogP contribution in [0.15, 0.2) is 18.6 Å². The smallest absolute Gasteiger partial charge is 0.115 e. The predicted octanol–water partition coefficient (Wildman–Crippen LogP) is 2.14. The summed E-state index contributed by atoms with van der Waals surface area (Å²) in [6, 6.07) is 2.63. The molecule has 0 amide bonds. The Kier molecular flexibility index (Phi) is 3.67. The molecule has 1 aromatic heterocycles. The predicted molar refractivity (Wildman–Crippen MR) is 60.3 cm³/mol. The first-order valence-corrected chi connectivity index (χ1v) is 5.86. The van der Waals surface area contributed by atoms with Gasteiger partial charge in [0.1, 0.15) is 6.33 Å². The van der Waals surface area contributed by atoms with Crippen LogP contribution in [0.25, 0.3) is 0 Å². The molecule has 1 aliphatic rings. The average Bonchev–Trinajstić information content (AvgIpc) is 3.09. The Morgan fingerprint density at radius 2 is 2.40 bits per heavy atom. The lowest BCUT2D eigenvalue weighted by Gasteiger charge is -2.15. The highest BCUT2D eigenvalue weighted by Crippen LogP contribution is 2.34. The summed E-state index contributed by atoms with van der Waals surface area (Å²) >= 11 is 0. The Labute approximate surface area is 91.3 Å². The lowest BCUT2D eigenvalue weighted by Crippen LogP contribution is -2.28. The van der Waals surface area contributed by atoms with E-state index in [0.29, 0.717) is 6.04 Å². The highest BCUT2D eigenvalue weighted by Gasteiger charge is 2.24. The van der Waals surface area contributed by atoms with Gasteiger partial charge in [-0.3, -0.25) is 0 Å². The van der Waals surface area contributed by atoms with Gasteiger partial charge >= 0.3 is 0 Å². The van der Waals surface area contributed by atoms with Crippen molar-refractivity contribution in [1.29, 1.82) is 0 Å². The summed E-state index contributed by atoms with van der Waals surface area (Å²) in [5.41, 5.74) is 1.08. The van der Waals surface area contributed by atoms with Gasteiger partial charge in [0, 0.05) is 18.8 Å². The van der Waals surface area contributed by atoms with Gasteiger partial charge in [-0.05, 0) is 24.8 Å². The first-order valence-electron chi connectivity index (χ1n) is 5.86. The van der Waals surface area contributed by atoms with Gasteiger partial charge in [-0.2, -0.15) is 0 Å². The number of nitrogens with one attached hydrogen (secondary N) is 1. The Balaban J connectivity index is 1.75. The molecule has 3 heteroatoms. The van der Waals surface area contributed by atoms with E-state index in [1.54, 1.807) is 12.5 Å². The number of hydrogen-bond donors (Lipinski definition) is 1. The zero-order valence-electron chi connectivity index (χ0n) is 9.32. The van der Waals surface area contributed by atoms with E-state index >= 15 is 0 Å². The molecule has 3 nitrogen and oxygen atoms in total. The van der Waals surface area contributed by atoms with E-state index in [1.165, 1.54) is 25.7 Å². The quantitative estimate of drug-likeness (QED) is 0.773. The molecule has 82 valence electrons. The summed E-state index contributed by atoms with van der Waals surface area (Å²) in [4.78, 5) is 8.12. The normalized spacial score (nSPS) is 17.7. The van der Waals surface area contributed by atoms with Crippen LogP contribution < -0.4 is 5.32 Å². The van der Waals surface area contributed by atoms with Crippen LogP contribution >= 0.6 is 0 Å². The van der Waals surface area contributed by atoms with Gasteiger partial charge in [-0.25, -0.2) is 9.97 Å². The van der Waals surface area contributed by atoms with Crippen LogP contribution in [0, 0.1) is 5.92 Å². The van der Waals surface area contributed by atoms with Gasteiger partial charge in [0.2, 0.25) is 0 Å². The molecular weight excluding hydrogens is 186 g/mol. The molecule has 1 unspecified atom stereocenters. The summed E-state index contributed by atoms with van der Waals surface area (Å²) in [7, 11) is 0. The molecule has 1 aromatic rings. The van der Waals surface area contributed by atoms with E-state index in [-0.39, 0.29) is 0 Å². The highest BCUT2D eigenvalue weighted by molar-refractivity contribution is 4.97. The maximum absolute atomic E-state index is 4.21. The fourth-order valence-corrected chi connectivity index (χ4v) is 1.82. The van der Waals surface area contributed by atoms with Crippen molar-refractivity contribution in [3.63, 3.8) is 0 Å². The van der Waals surface area contributed by atoms with Crippen LogP contribution in [0.5, 0.6) is 0 Å². The summed E-state index contributed by atoms with van der Waals surface area (Å²) in [6.07, 6.45) is 8.82. The van der Waals surface area contributed by atoms with Crippen molar-refractivity contribution in [2.24, 2.45) is 5.92 Å². The lowest BCUT2D eigenvalue weighted by molar-refractivity contribution is 0.442. The summed E-state index contributed by atoms with van der Waals surface area (Å²) in [6.45, 7) is 3.12. The van der Waals surface area contributed by atoms with Crippen LogP contribution in [0.2, 0.25) is 0 Å². The largest absolute Gasteiger partial charge is 0.308 e. The van der Waals surface area contributed by atoms with Crippen molar-refractivity contribution in [1.82, 2.24) is 15.3 Å². The summed E-state index contributed by atoms with van der Waals surface area (Å²) in [5, 5.41) is 3.57. The molecule has 1 aliphatic carbocycles. The Morgan fingerprint density at radius 1 is 1.53 bits per heavy atom. The summed E-state index contributed by atoms with van der Waals surface area (Å²) in [5.74, 6) is 0.993. The molecule has 15 heavy (non-hydrogen) atoms. The molecule has 0 spiro atoms. The second kappa shape index (κ2) is 5.21. The standard InChI is InChI=1S/C12H19N3/c1-2-11(7-10-3-4-10)14-8-12-5-6-13-9-15-12/h5-6,9-11,14H,2-4,7-8H2,1H3. The first-order chi connectivity index (χ1) is 7.38. The fourth-order valence-electron chi connectivity index (χ4n) is 1.82. The number of aromatic nitrogens is 2. The third-order valence-corrected chi connectivity index (χ3v) is 3.02. The molecule has 1 saturated carbocycles. The molecule has 1 N–H and O–H groups in total. The van der Waals surface area contributed by atoms with Gasteiger partial charge in [-0.15, -0.1) is 0 Å². The van der Waals surface area contributed by atoms with Crippen molar-refractivity contribution in [2.45, 2.75) is 45.2 Å². The second-order valence-corrected chi connectivity index (χ2v) is 4.37. The highest BCUT2D eigenvalue weighted by atomic mass is 14.9. The van der Waals surface area contributed by atoms with Crippen LogP contribution in [-0.2, 0) is 6.54 Å². The van der Waals surface area contributed by atoms with Gasteiger partial charge in [0.15, 0.2) is 0 Å². The van der Waals surface area contributed by atoms with Crippen LogP contribution in [-0.4, -0.2) is 16.0 Å². The third kappa shape index (κ3) is 3.59. The van der Waals surface area contributed by atoms with Gasteiger partial charge in [-0.1, -0.05) is 19.8 Å². The van der Waals surface area contributed by atoms with Gasteiger partial charge in [0.25, 0.3) is 0 Å². The molecule has 0 aliphatic heterocycles. The zero-order chi connectivity index (χ0) is 10.5. The van der Waals surface area contributed by atoms with Crippen molar-refractivity contribution in [3.8, 4) is 0 Å². The van der Waals surface area contributed by atoms with E-state index < -0.39 is 0 Å². The molecule has 1 heterocycles. The molecule has 0 bridgehead atoms. The minimum absolute atomic E-state index is 0.660. The van der Waals surface area contributed by atoms with Crippen molar-refractivity contribution < 1.29 is 0 Å². The molecule has 1 fully saturated rings. The van der Waals surface area contributed by atoms with E-state index in [1.807, 2.05) is 6.07 Å². The summed E-state index contributed by atoms with van der Waals surface area (Å²) < 4.78 is 0. The average molecular weight is 205 g/mol. The van der Waals surface area contributed by atoms with Crippen molar-refractivity contribution in [3.05, 3.63) is 24.3 Å². The van der Waals surface area contributed by atoms with E-state index in [0.717, 1.165) is 18.2 Å². The van der Waals surface area contributed by atoms with E-state index in [4.69, 9.17) is 0 Å². The van der Waals surface area contributed by atoms with Crippen LogP contribution in [0.3, 0.4) is 0 Å². The van der Waals surface area contributed by atoms with Gasteiger partial charge < -0.3 is 5.32 Å². The van der Waals surface area contributed by atoms with Crippen LogP contribution in [0.4, 0.5) is 0 Å². The maximum Gasteiger partial charge on any atom is 0.115 e. The van der Waals surface area contributed by atoms with E-state index in [9.17, 15) is 0 Å². The third-order valence-electron chi connectivity index (χ3n) is 3.02. The minimum atomic E-state index is 0.660. The van der Waals surface area contributed by atoms with Crippen molar-refractivity contribution >= 4 is 0 Å². The minimum Gasteiger partial charge on any atom is -0.308 e. The fraction of sp³-hybridized carbons (Fsp3) is 0.667. The molecule has 0 radical (unpaired) electrons. The Bertz CT molecular complexity index is 282. The SMILES string of the molecule is CCC(CC1CC1)NCc1ccncn1. The number of rotatable bonds is 6. The molecule has 0 aromatic carbocycles. The topological polar surface area (TPSA) is 37.8 Å². The molecule has 0 saturated heterocycles. The molecule has 1 atom stereocenters. The monoisotopic (exact) mass is 205 g/mol. The number of hydrogen-bond acceptors (Lipinski definition) is 3. The maximum atomic E-state index is 4.21. The number of nitrogens with zero attached hydrogens (tertiary/aromatic N) is 2. The zero-order valence-corrected chi connectivity index (χ0v) is 9.32. The van der Waals surface area contributed by atoms with Crippen LogP contribution in [0.1, 0.15) is 38.3 Å².